The molecule has 70 valence electrons. The second-order valence-electron chi connectivity index (χ2n) is 3.76. The second kappa shape index (κ2) is 2.72. The lowest BCUT2D eigenvalue weighted by atomic mass is 9.95. The SMILES string of the molecule is Nc1ccc2c3c(cccc13)CNC2. The van der Waals surface area contributed by atoms with E-state index in [1.807, 2.05) is 6.07 Å². The van der Waals surface area contributed by atoms with Crippen LogP contribution in [0, 0.1) is 0 Å². The number of hydrogen-bond acceptors (Lipinski definition) is 2. The number of rotatable bonds is 0. The van der Waals surface area contributed by atoms with Gasteiger partial charge in [-0.25, -0.2) is 0 Å². The molecule has 3 N–H and O–H groups in total. The maximum Gasteiger partial charge on any atom is 0.0394 e. The maximum atomic E-state index is 5.95. The fraction of sp³-hybridized carbons (Fsp3) is 0.167. The molecule has 0 fully saturated rings. The summed E-state index contributed by atoms with van der Waals surface area (Å²) in [6.45, 7) is 1.90. The van der Waals surface area contributed by atoms with Crippen molar-refractivity contribution in [3.63, 3.8) is 0 Å². The van der Waals surface area contributed by atoms with E-state index in [0.29, 0.717) is 0 Å². The number of hydrogen-bond donors (Lipinski definition) is 2. The van der Waals surface area contributed by atoms with E-state index in [-0.39, 0.29) is 0 Å². The first-order valence-electron chi connectivity index (χ1n) is 4.86. The number of benzene rings is 2. The minimum atomic E-state index is 0.882. The Balaban J connectivity index is 2.51. The molecule has 0 bridgehead atoms. The lowest BCUT2D eigenvalue weighted by molar-refractivity contribution is 0.683. The Kier molecular flexibility index (Phi) is 1.52. The molecule has 0 atom stereocenters. The van der Waals surface area contributed by atoms with Crippen LogP contribution in [0.2, 0.25) is 0 Å². The molecule has 2 heteroatoms. The average Bonchev–Trinajstić information content (AvgIpc) is 2.24. The highest BCUT2D eigenvalue weighted by atomic mass is 14.9. The van der Waals surface area contributed by atoms with Crippen molar-refractivity contribution < 1.29 is 0 Å². The van der Waals surface area contributed by atoms with Gasteiger partial charge in [-0.2, -0.15) is 0 Å². The van der Waals surface area contributed by atoms with Gasteiger partial charge in [-0.1, -0.05) is 24.3 Å². The Morgan fingerprint density at radius 2 is 1.79 bits per heavy atom. The zero-order valence-corrected chi connectivity index (χ0v) is 7.88. The molecule has 2 aromatic carbocycles. The van der Waals surface area contributed by atoms with Crippen LogP contribution < -0.4 is 11.1 Å². The first-order valence-corrected chi connectivity index (χ1v) is 4.86. The van der Waals surface area contributed by atoms with Crippen LogP contribution >= 0.6 is 0 Å². The third kappa shape index (κ3) is 0.946. The normalized spacial score (nSPS) is 14.6. The molecule has 2 nitrogen and oxygen atoms in total. The minimum Gasteiger partial charge on any atom is -0.398 e. The van der Waals surface area contributed by atoms with Crippen molar-refractivity contribution in [2.75, 3.05) is 5.73 Å². The summed E-state index contributed by atoms with van der Waals surface area (Å²) in [4.78, 5) is 0. The monoisotopic (exact) mass is 184 g/mol. The third-order valence-electron chi connectivity index (χ3n) is 2.88. The quantitative estimate of drug-likeness (QED) is 0.615. The standard InChI is InChI=1S/C12H12N2/c13-11-5-4-9-7-14-6-8-2-1-3-10(11)12(8)9/h1-5,14H,6-7,13H2. The molecule has 0 aromatic heterocycles. The Morgan fingerprint density at radius 3 is 2.64 bits per heavy atom. The van der Waals surface area contributed by atoms with Crippen molar-refractivity contribution in [3.8, 4) is 0 Å². The molecule has 0 aliphatic carbocycles. The lowest BCUT2D eigenvalue weighted by Gasteiger charge is -2.18. The fourth-order valence-corrected chi connectivity index (χ4v) is 2.21. The number of nitrogens with one attached hydrogen (secondary N) is 1. The smallest absolute Gasteiger partial charge is 0.0394 e. The summed E-state index contributed by atoms with van der Waals surface area (Å²) in [5.74, 6) is 0. The van der Waals surface area contributed by atoms with Gasteiger partial charge in [0.2, 0.25) is 0 Å². The van der Waals surface area contributed by atoms with Gasteiger partial charge in [-0.05, 0) is 22.6 Å². The molecule has 0 unspecified atom stereocenters. The predicted octanol–water partition coefficient (Wildman–Crippen LogP) is 2.03. The summed E-state index contributed by atoms with van der Waals surface area (Å²) in [7, 11) is 0. The summed E-state index contributed by atoms with van der Waals surface area (Å²) in [6.07, 6.45) is 0. The van der Waals surface area contributed by atoms with E-state index in [9.17, 15) is 0 Å². The van der Waals surface area contributed by atoms with E-state index in [2.05, 4.69) is 29.6 Å². The van der Waals surface area contributed by atoms with Crippen LogP contribution in [-0.4, -0.2) is 0 Å². The molecule has 3 rings (SSSR count). The third-order valence-corrected chi connectivity index (χ3v) is 2.88. The molecule has 0 saturated heterocycles. The fourth-order valence-electron chi connectivity index (χ4n) is 2.21. The minimum absolute atomic E-state index is 0.882. The van der Waals surface area contributed by atoms with Crippen LogP contribution in [0.25, 0.3) is 10.8 Å². The molecule has 0 saturated carbocycles. The predicted molar refractivity (Wildman–Crippen MR) is 58.9 cm³/mol. The molecule has 2 aromatic rings. The van der Waals surface area contributed by atoms with Crippen molar-refractivity contribution in [2.45, 2.75) is 13.1 Å². The Morgan fingerprint density at radius 1 is 1.00 bits per heavy atom. The van der Waals surface area contributed by atoms with Crippen LogP contribution in [0.3, 0.4) is 0 Å². The van der Waals surface area contributed by atoms with E-state index >= 15 is 0 Å². The zero-order chi connectivity index (χ0) is 9.54. The van der Waals surface area contributed by atoms with E-state index in [1.165, 1.54) is 21.9 Å². The van der Waals surface area contributed by atoms with Gasteiger partial charge in [-0.15, -0.1) is 0 Å². The topological polar surface area (TPSA) is 38.0 Å². The van der Waals surface area contributed by atoms with E-state index in [1.54, 1.807) is 0 Å². The highest BCUT2D eigenvalue weighted by molar-refractivity contribution is 5.97. The van der Waals surface area contributed by atoms with Gasteiger partial charge in [-0.3, -0.25) is 0 Å². The van der Waals surface area contributed by atoms with Gasteiger partial charge < -0.3 is 11.1 Å². The largest absolute Gasteiger partial charge is 0.398 e. The van der Waals surface area contributed by atoms with Crippen LogP contribution in [0.5, 0.6) is 0 Å². The molecular formula is C12H12N2. The Labute approximate surface area is 82.7 Å². The number of nitrogen functional groups attached to an aromatic ring is 1. The van der Waals surface area contributed by atoms with Crippen LogP contribution in [0.1, 0.15) is 11.1 Å². The molecular weight excluding hydrogens is 172 g/mol. The highest BCUT2D eigenvalue weighted by Gasteiger charge is 2.12. The van der Waals surface area contributed by atoms with Gasteiger partial charge in [0, 0.05) is 24.2 Å². The summed E-state index contributed by atoms with van der Waals surface area (Å²) >= 11 is 0. The zero-order valence-electron chi connectivity index (χ0n) is 7.88. The van der Waals surface area contributed by atoms with Crippen molar-refractivity contribution in [1.82, 2.24) is 5.32 Å². The maximum absolute atomic E-state index is 5.95. The summed E-state index contributed by atoms with van der Waals surface area (Å²) < 4.78 is 0. The van der Waals surface area contributed by atoms with Crippen molar-refractivity contribution in [3.05, 3.63) is 41.5 Å². The van der Waals surface area contributed by atoms with Crippen LogP contribution in [-0.2, 0) is 13.1 Å². The molecule has 1 heterocycles. The second-order valence-corrected chi connectivity index (χ2v) is 3.76. The van der Waals surface area contributed by atoms with E-state index in [4.69, 9.17) is 5.73 Å². The Bertz CT molecular complexity index is 493. The van der Waals surface area contributed by atoms with E-state index in [0.717, 1.165) is 18.8 Å². The van der Waals surface area contributed by atoms with Gasteiger partial charge in [0.25, 0.3) is 0 Å². The summed E-state index contributed by atoms with van der Waals surface area (Å²) in [5, 5.41) is 5.93. The molecule has 0 radical (unpaired) electrons. The molecule has 0 amide bonds. The Hall–Kier alpha value is -1.54. The van der Waals surface area contributed by atoms with Gasteiger partial charge in [0.1, 0.15) is 0 Å². The van der Waals surface area contributed by atoms with Crippen LogP contribution in [0.15, 0.2) is 30.3 Å². The highest BCUT2D eigenvalue weighted by Crippen LogP contribution is 2.29. The van der Waals surface area contributed by atoms with Gasteiger partial charge in [0.15, 0.2) is 0 Å². The van der Waals surface area contributed by atoms with Gasteiger partial charge >= 0.3 is 0 Å². The summed E-state index contributed by atoms with van der Waals surface area (Å²) in [5.41, 5.74) is 9.55. The van der Waals surface area contributed by atoms with Crippen LogP contribution in [0.4, 0.5) is 5.69 Å². The van der Waals surface area contributed by atoms with Crippen molar-refractivity contribution in [2.24, 2.45) is 0 Å². The molecule has 1 aliphatic rings. The molecule has 1 aliphatic heterocycles. The lowest BCUT2D eigenvalue weighted by Crippen LogP contribution is -2.18. The molecule has 0 spiro atoms. The van der Waals surface area contributed by atoms with Crippen molar-refractivity contribution in [1.29, 1.82) is 0 Å². The van der Waals surface area contributed by atoms with Crippen molar-refractivity contribution >= 4 is 16.5 Å². The van der Waals surface area contributed by atoms with Gasteiger partial charge in [0.05, 0.1) is 0 Å². The molecule has 14 heavy (non-hydrogen) atoms. The number of nitrogens with two attached hydrogens (primary N) is 1. The first-order chi connectivity index (χ1) is 6.86. The van der Waals surface area contributed by atoms with E-state index < -0.39 is 0 Å². The number of anilines is 1. The first kappa shape index (κ1) is 7.83. The summed E-state index contributed by atoms with van der Waals surface area (Å²) in [6, 6.07) is 10.5. The average molecular weight is 184 g/mol.